The first kappa shape index (κ1) is 26.6. The number of imidazole rings is 2. The normalized spacial score (nSPS) is 13.7. The first-order chi connectivity index (χ1) is 19.4. The average molecular weight is 577 g/mol. The van der Waals surface area contributed by atoms with Crippen LogP contribution in [0.25, 0.3) is 22.0 Å². The fourth-order valence-corrected chi connectivity index (χ4v) is 5.92. The van der Waals surface area contributed by atoms with Crippen LogP contribution in [0, 0.1) is 5.41 Å². The van der Waals surface area contributed by atoms with Crippen molar-refractivity contribution in [2.45, 2.75) is 38.3 Å². The Balaban J connectivity index is 1.37. The number of hydrogen-bond acceptors (Lipinski definition) is 5. The van der Waals surface area contributed by atoms with Crippen LogP contribution in [0.15, 0.2) is 55.2 Å². The van der Waals surface area contributed by atoms with Gasteiger partial charge >= 0.3 is 0 Å². The zero-order valence-corrected chi connectivity index (χ0v) is 24.0. The van der Waals surface area contributed by atoms with E-state index in [-0.39, 0.29) is 5.84 Å². The molecule has 0 radical (unpaired) electrons. The first-order valence-electron chi connectivity index (χ1n) is 13.4. The minimum Gasteiger partial charge on any atom is -0.334 e. The Bertz CT molecular complexity index is 1650. The van der Waals surface area contributed by atoms with Crippen LogP contribution in [0.3, 0.4) is 0 Å². The van der Waals surface area contributed by atoms with Crippen molar-refractivity contribution in [1.29, 1.82) is 5.41 Å². The number of aromatic amines is 1. The van der Waals surface area contributed by atoms with Gasteiger partial charge in [-0.3, -0.25) is 10.1 Å². The van der Waals surface area contributed by atoms with Gasteiger partial charge in [0.1, 0.15) is 11.4 Å². The number of amidine groups is 1. The third-order valence-corrected chi connectivity index (χ3v) is 8.08. The van der Waals surface area contributed by atoms with Crippen LogP contribution in [0.5, 0.6) is 0 Å². The van der Waals surface area contributed by atoms with E-state index in [0.717, 1.165) is 66.7 Å². The number of rotatable bonds is 9. The number of fused-ring (bicyclic) bond motifs is 2. The molecule has 9 nitrogen and oxygen atoms in total. The Hall–Kier alpha value is -3.66. The molecule has 0 fully saturated rings. The maximum atomic E-state index is 9.00. The van der Waals surface area contributed by atoms with Crippen molar-refractivity contribution in [3.63, 3.8) is 0 Å². The second-order valence-corrected chi connectivity index (χ2v) is 11.2. The summed E-state index contributed by atoms with van der Waals surface area (Å²) in [4.78, 5) is 14.1. The molecule has 206 valence electrons. The van der Waals surface area contributed by atoms with E-state index in [0.29, 0.717) is 21.5 Å². The molecule has 1 aliphatic heterocycles. The van der Waals surface area contributed by atoms with E-state index in [1.807, 2.05) is 18.6 Å². The van der Waals surface area contributed by atoms with Crippen molar-refractivity contribution in [3.05, 3.63) is 82.2 Å². The number of nitrogens with zero attached hydrogens (tertiary/aromatic N) is 6. The first-order valence-corrected chi connectivity index (χ1v) is 14.1. The Morgan fingerprint density at radius 3 is 2.77 bits per heavy atom. The van der Waals surface area contributed by atoms with Crippen molar-refractivity contribution in [1.82, 2.24) is 34.2 Å². The second kappa shape index (κ2) is 11.1. The number of anilines is 1. The molecule has 0 amide bonds. The topological polar surface area (TPSA) is 103 Å². The van der Waals surface area contributed by atoms with E-state index in [9.17, 15) is 0 Å². The highest BCUT2D eigenvalue weighted by atomic mass is 35.5. The molecule has 2 aromatic carbocycles. The lowest BCUT2D eigenvalue weighted by atomic mass is 10.0. The van der Waals surface area contributed by atoms with Gasteiger partial charge in [-0.1, -0.05) is 47.5 Å². The molecule has 11 heteroatoms. The predicted octanol–water partition coefficient (Wildman–Crippen LogP) is 6.05. The molecule has 1 aliphatic rings. The second-order valence-electron chi connectivity index (χ2n) is 10.4. The standard InChI is InChI=1S/C29H31Cl2N9/c1-38(2)13-3-5-18-7-9-19(10-8-18)20-15-22(30)21-16-40(37-25(21)24(20)31)27(28(32)36-29-33-11-12-34-29)26-23-6-4-14-39(23)17-35-26/h7-12,15-17,27H,3-6,13-14H2,1-2H3,(H3,32,33,34,36). The van der Waals surface area contributed by atoms with Gasteiger partial charge in [0.15, 0.2) is 6.04 Å². The number of nitrogens with one attached hydrogen (secondary N) is 3. The van der Waals surface area contributed by atoms with Gasteiger partial charge in [0.25, 0.3) is 0 Å². The van der Waals surface area contributed by atoms with E-state index in [2.05, 4.69) is 63.1 Å². The lowest BCUT2D eigenvalue weighted by molar-refractivity contribution is 0.400. The third kappa shape index (κ3) is 5.12. The third-order valence-electron chi connectivity index (χ3n) is 7.38. The lowest BCUT2D eigenvalue weighted by Gasteiger charge is -2.18. The average Bonchev–Trinajstić information content (AvgIpc) is 3.73. The fourth-order valence-electron chi connectivity index (χ4n) is 5.37. The summed E-state index contributed by atoms with van der Waals surface area (Å²) in [7, 11) is 4.18. The summed E-state index contributed by atoms with van der Waals surface area (Å²) < 4.78 is 3.88. The van der Waals surface area contributed by atoms with Gasteiger partial charge in [-0.2, -0.15) is 5.10 Å². The quantitative estimate of drug-likeness (QED) is 0.147. The number of aryl methyl sites for hydroxylation is 2. The highest BCUT2D eigenvalue weighted by Gasteiger charge is 2.30. The smallest absolute Gasteiger partial charge is 0.205 e. The van der Waals surface area contributed by atoms with Gasteiger partial charge in [0.2, 0.25) is 5.95 Å². The van der Waals surface area contributed by atoms with Gasteiger partial charge in [-0.15, -0.1) is 0 Å². The SMILES string of the molecule is CN(C)CCCc1ccc(-c2cc(Cl)c3cn(C(C(=N)Nc4ncc[nH]4)c4ncn5c4CCC5)nc3c2Cl)cc1. The minimum atomic E-state index is -0.608. The molecule has 4 heterocycles. The van der Waals surface area contributed by atoms with Crippen LogP contribution >= 0.6 is 23.2 Å². The van der Waals surface area contributed by atoms with Crippen molar-refractivity contribution < 1.29 is 0 Å². The molecule has 0 saturated heterocycles. The highest BCUT2D eigenvalue weighted by Crippen LogP contribution is 2.39. The van der Waals surface area contributed by atoms with Gasteiger partial charge in [-0.05, 0) is 63.5 Å². The number of H-pyrrole nitrogens is 1. The van der Waals surface area contributed by atoms with Crippen molar-refractivity contribution in [2.24, 2.45) is 0 Å². The van der Waals surface area contributed by atoms with E-state index in [4.69, 9.17) is 38.7 Å². The maximum Gasteiger partial charge on any atom is 0.205 e. The van der Waals surface area contributed by atoms with E-state index in [1.165, 1.54) is 5.56 Å². The van der Waals surface area contributed by atoms with Gasteiger partial charge < -0.3 is 19.8 Å². The maximum absolute atomic E-state index is 9.00. The number of hydrogen-bond donors (Lipinski definition) is 3. The van der Waals surface area contributed by atoms with E-state index >= 15 is 0 Å². The molecule has 3 N–H and O–H groups in total. The Morgan fingerprint density at radius 2 is 2.02 bits per heavy atom. The summed E-state index contributed by atoms with van der Waals surface area (Å²) in [6.07, 6.45) is 11.1. The van der Waals surface area contributed by atoms with E-state index in [1.54, 1.807) is 17.1 Å². The van der Waals surface area contributed by atoms with Crippen LogP contribution < -0.4 is 5.32 Å². The summed E-state index contributed by atoms with van der Waals surface area (Å²) >= 11 is 13.8. The summed E-state index contributed by atoms with van der Waals surface area (Å²) in [6.45, 7) is 1.98. The van der Waals surface area contributed by atoms with Crippen LogP contribution in [0.2, 0.25) is 10.0 Å². The lowest BCUT2D eigenvalue weighted by Crippen LogP contribution is -2.28. The fraction of sp³-hybridized carbons (Fsp3) is 0.310. The van der Waals surface area contributed by atoms with Crippen molar-refractivity contribution >= 4 is 45.9 Å². The summed E-state index contributed by atoms with van der Waals surface area (Å²) in [6, 6.07) is 9.76. The van der Waals surface area contributed by atoms with Gasteiger partial charge in [0, 0.05) is 41.8 Å². The minimum absolute atomic E-state index is 0.188. The largest absolute Gasteiger partial charge is 0.334 e. The summed E-state index contributed by atoms with van der Waals surface area (Å²) in [5.74, 6) is 0.666. The van der Waals surface area contributed by atoms with Crippen molar-refractivity contribution in [2.75, 3.05) is 26.0 Å². The van der Waals surface area contributed by atoms with Crippen molar-refractivity contribution in [3.8, 4) is 11.1 Å². The number of halogens is 2. The predicted molar refractivity (Wildman–Crippen MR) is 161 cm³/mol. The van der Waals surface area contributed by atoms with Crippen LogP contribution in [0.1, 0.15) is 35.8 Å². The Morgan fingerprint density at radius 1 is 1.20 bits per heavy atom. The van der Waals surface area contributed by atoms with Crippen LogP contribution in [-0.2, 0) is 19.4 Å². The molecule has 6 rings (SSSR count). The molecule has 0 bridgehead atoms. The zero-order valence-electron chi connectivity index (χ0n) is 22.5. The Kier molecular flexibility index (Phi) is 7.35. The van der Waals surface area contributed by atoms with Crippen LogP contribution in [-0.4, -0.2) is 60.7 Å². The highest BCUT2D eigenvalue weighted by molar-refractivity contribution is 6.42. The summed E-state index contributed by atoms with van der Waals surface area (Å²) in [5.41, 5.74) is 5.58. The molecular formula is C29H31Cl2N9. The molecule has 1 unspecified atom stereocenters. The number of aromatic nitrogens is 6. The molecule has 0 aliphatic carbocycles. The molecular weight excluding hydrogens is 545 g/mol. The number of benzene rings is 2. The molecule has 1 atom stereocenters. The molecule has 5 aromatic rings. The summed E-state index contributed by atoms with van der Waals surface area (Å²) in [5, 5.41) is 18.8. The molecule has 0 saturated carbocycles. The van der Waals surface area contributed by atoms with Gasteiger partial charge in [0.05, 0.1) is 22.1 Å². The molecule has 0 spiro atoms. The van der Waals surface area contributed by atoms with E-state index < -0.39 is 6.04 Å². The van der Waals surface area contributed by atoms with Gasteiger partial charge in [-0.25, -0.2) is 9.97 Å². The molecule has 3 aromatic heterocycles. The van der Waals surface area contributed by atoms with Crippen LogP contribution in [0.4, 0.5) is 5.95 Å². The zero-order chi connectivity index (χ0) is 27.8. The monoisotopic (exact) mass is 575 g/mol. The Labute approximate surface area is 242 Å². The molecule has 40 heavy (non-hydrogen) atoms.